The van der Waals surface area contributed by atoms with Crippen molar-refractivity contribution in [1.82, 2.24) is 14.5 Å². The Balaban J connectivity index is 1.46. The van der Waals surface area contributed by atoms with E-state index < -0.39 is 23.6 Å². The minimum atomic E-state index is -1.12. The Morgan fingerprint density at radius 3 is 2.55 bits per heavy atom. The van der Waals surface area contributed by atoms with Crippen LogP contribution >= 0.6 is 11.3 Å². The van der Waals surface area contributed by atoms with E-state index in [1.165, 1.54) is 0 Å². The van der Waals surface area contributed by atoms with Gasteiger partial charge in [0.1, 0.15) is 29.8 Å². The zero-order chi connectivity index (χ0) is 28.2. The van der Waals surface area contributed by atoms with Gasteiger partial charge in [-0.2, -0.15) is 0 Å². The SMILES string of the molecule is COCCOc1ccc(-c2[nH]c(=O)n([C@H](C(=O)Nc3nc(C(=O)C4CC4)cs3)C(C)c3ccccc3)c2O)cc1. The van der Waals surface area contributed by atoms with Crippen molar-refractivity contribution in [1.29, 1.82) is 0 Å². The molecule has 1 amide bonds. The second kappa shape index (κ2) is 11.9. The number of carbonyl (C=O) groups is 2. The minimum Gasteiger partial charge on any atom is -0.493 e. The van der Waals surface area contributed by atoms with E-state index in [-0.39, 0.29) is 28.4 Å². The first-order chi connectivity index (χ1) is 19.4. The Labute approximate surface area is 234 Å². The number of ether oxygens (including phenoxy) is 2. The van der Waals surface area contributed by atoms with Crippen molar-refractivity contribution in [2.24, 2.45) is 5.92 Å². The minimum absolute atomic E-state index is 0.0105. The van der Waals surface area contributed by atoms with Crippen LogP contribution in [0.5, 0.6) is 11.6 Å². The lowest BCUT2D eigenvalue weighted by Gasteiger charge is -2.24. The first-order valence-electron chi connectivity index (χ1n) is 13.0. The summed E-state index contributed by atoms with van der Waals surface area (Å²) < 4.78 is 11.6. The number of aromatic amines is 1. The smallest absolute Gasteiger partial charge is 0.329 e. The summed E-state index contributed by atoms with van der Waals surface area (Å²) in [5, 5.41) is 15.9. The molecule has 2 atom stereocenters. The maximum atomic E-state index is 13.7. The van der Waals surface area contributed by atoms with Gasteiger partial charge in [0.25, 0.3) is 0 Å². The number of benzene rings is 2. The number of aromatic nitrogens is 3. The van der Waals surface area contributed by atoms with Gasteiger partial charge in [-0.05, 0) is 42.7 Å². The Bertz CT molecular complexity index is 1540. The number of carbonyl (C=O) groups excluding carboxylic acids is 2. The van der Waals surface area contributed by atoms with E-state index in [1.54, 1.807) is 36.8 Å². The van der Waals surface area contributed by atoms with Gasteiger partial charge in [0.2, 0.25) is 11.8 Å². The Hall–Kier alpha value is -4.22. The lowest BCUT2D eigenvalue weighted by Crippen LogP contribution is -2.35. The number of amides is 1. The molecule has 1 unspecified atom stereocenters. The molecule has 2 heterocycles. The van der Waals surface area contributed by atoms with Gasteiger partial charge in [-0.15, -0.1) is 11.3 Å². The van der Waals surface area contributed by atoms with Crippen LogP contribution in [0.4, 0.5) is 5.13 Å². The van der Waals surface area contributed by atoms with Crippen LogP contribution < -0.4 is 15.7 Å². The lowest BCUT2D eigenvalue weighted by molar-refractivity contribution is -0.120. The molecule has 208 valence electrons. The molecule has 10 nitrogen and oxygen atoms in total. The van der Waals surface area contributed by atoms with E-state index in [9.17, 15) is 19.5 Å². The summed E-state index contributed by atoms with van der Waals surface area (Å²) in [6.07, 6.45) is 1.71. The monoisotopic (exact) mass is 562 g/mol. The number of hydrogen-bond acceptors (Lipinski definition) is 8. The number of Topliss-reactive ketones (excluding diaryl/α,β-unsaturated/α-hetero) is 1. The fourth-order valence-electron chi connectivity index (χ4n) is 4.54. The zero-order valence-electron chi connectivity index (χ0n) is 22.1. The molecule has 0 bridgehead atoms. The molecule has 0 aliphatic heterocycles. The molecule has 11 heteroatoms. The molecule has 40 heavy (non-hydrogen) atoms. The fourth-order valence-corrected chi connectivity index (χ4v) is 5.25. The first-order valence-corrected chi connectivity index (χ1v) is 13.9. The maximum absolute atomic E-state index is 13.7. The van der Waals surface area contributed by atoms with Crippen LogP contribution in [0.2, 0.25) is 0 Å². The van der Waals surface area contributed by atoms with Crippen molar-refractivity contribution in [2.75, 3.05) is 25.6 Å². The van der Waals surface area contributed by atoms with Gasteiger partial charge in [-0.3, -0.25) is 9.59 Å². The fraction of sp³-hybridized carbons (Fsp3) is 0.310. The molecular weight excluding hydrogens is 532 g/mol. The topological polar surface area (TPSA) is 136 Å². The van der Waals surface area contributed by atoms with Crippen LogP contribution in [0, 0.1) is 5.92 Å². The summed E-state index contributed by atoms with van der Waals surface area (Å²) >= 11 is 1.15. The Morgan fingerprint density at radius 1 is 1.15 bits per heavy atom. The van der Waals surface area contributed by atoms with Crippen LogP contribution in [0.3, 0.4) is 0 Å². The van der Waals surface area contributed by atoms with Crippen LogP contribution in [0.25, 0.3) is 11.3 Å². The standard InChI is InChI=1S/C29H30N4O6S/c1-17(18-6-4-3-5-7-18)24(26(35)32-28-30-22(16-40-28)25(34)20-8-9-20)33-27(36)23(31-29(33)37)19-10-12-21(13-11-19)39-15-14-38-2/h3-7,10-13,16-17,20,24,36H,8-9,14-15H2,1-2H3,(H,31,37)(H,30,32,35)/t17?,24-/m0/s1. The van der Waals surface area contributed by atoms with Crippen LogP contribution in [-0.2, 0) is 9.53 Å². The van der Waals surface area contributed by atoms with Gasteiger partial charge < -0.3 is 24.9 Å². The van der Waals surface area contributed by atoms with E-state index >= 15 is 0 Å². The summed E-state index contributed by atoms with van der Waals surface area (Å²) in [6.45, 7) is 2.65. The number of thiazole rings is 1. The maximum Gasteiger partial charge on any atom is 0.329 e. The molecular formula is C29H30N4O6S. The number of anilines is 1. The van der Waals surface area contributed by atoms with E-state index in [1.807, 2.05) is 37.3 Å². The zero-order valence-corrected chi connectivity index (χ0v) is 22.9. The van der Waals surface area contributed by atoms with Gasteiger partial charge in [-0.25, -0.2) is 14.3 Å². The van der Waals surface area contributed by atoms with Gasteiger partial charge >= 0.3 is 5.69 Å². The predicted molar refractivity (Wildman–Crippen MR) is 151 cm³/mol. The number of H-pyrrole nitrogens is 1. The van der Waals surface area contributed by atoms with Crippen LogP contribution in [0.1, 0.15) is 47.8 Å². The molecule has 1 aliphatic rings. The second-order valence-electron chi connectivity index (χ2n) is 9.67. The molecule has 4 aromatic rings. The molecule has 0 saturated heterocycles. The lowest BCUT2D eigenvalue weighted by atomic mass is 9.92. The molecule has 0 spiro atoms. The summed E-state index contributed by atoms with van der Waals surface area (Å²) in [7, 11) is 1.59. The third-order valence-electron chi connectivity index (χ3n) is 6.88. The summed E-state index contributed by atoms with van der Waals surface area (Å²) in [4.78, 5) is 46.4. The van der Waals surface area contributed by atoms with Gasteiger partial charge in [-0.1, -0.05) is 37.3 Å². The average molecular weight is 563 g/mol. The third kappa shape index (κ3) is 5.85. The highest BCUT2D eigenvalue weighted by molar-refractivity contribution is 7.14. The predicted octanol–water partition coefficient (Wildman–Crippen LogP) is 4.61. The van der Waals surface area contributed by atoms with Crippen molar-refractivity contribution in [3.8, 4) is 22.9 Å². The van der Waals surface area contributed by atoms with E-state index in [4.69, 9.17) is 9.47 Å². The second-order valence-corrected chi connectivity index (χ2v) is 10.5. The molecule has 1 fully saturated rings. The third-order valence-corrected chi connectivity index (χ3v) is 7.64. The highest BCUT2D eigenvalue weighted by Crippen LogP contribution is 2.36. The van der Waals surface area contributed by atoms with Crippen molar-refractivity contribution >= 4 is 28.2 Å². The van der Waals surface area contributed by atoms with Crippen LogP contribution in [-0.4, -0.2) is 51.7 Å². The number of ketones is 1. The van der Waals surface area contributed by atoms with Crippen molar-refractivity contribution in [3.63, 3.8) is 0 Å². The van der Waals surface area contributed by atoms with Gasteiger partial charge in [0, 0.05) is 29.9 Å². The number of imidazole rings is 1. The summed E-state index contributed by atoms with van der Waals surface area (Å²) in [5.41, 5.74) is 1.21. The Kier molecular flexibility index (Phi) is 8.13. The first kappa shape index (κ1) is 27.4. The number of rotatable bonds is 12. The quantitative estimate of drug-likeness (QED) is 0.170. The molecule has 1 aliphatic carbocycles. The number of nitrogens with zero attached hydrogens (tertiary/aromatic N) is 2. The molecule has 3 N–H and O–H groups in total. The number of nitrogens with one attached hydrogen (secondary N) is 2. The highest BCUT2D eigenvalue weighted by Gasteiger charge is 2.35. The number of methoxy groups -OCH3 is 1. The number of aromatic hydroxyl groups is 1. The van der Waals surface area contributed by atoms with Crippen LogP contribution in [0.15, 0.2) is 64.8 Å². The van der Waals surface area contributed by atoms with E-state index in [0.717, 1.165) is 34.3 Å². The van der Waals surface area contributed by atoms with E-state index in [0.29, 0.717) is 30.2 Å². The highest BCUT2D eigenvalue weighted by atomic mass is 32.1. The molecule has 0 radical (unpaired) electrons. The van der Waals surface area contributed by atoms with E-state index in [2.05, 4.69) is 15.3 Å². The Morgan fingerprint density at radius 2 is 1.88 bits per heavy atom. The van der Waals surface area contributed by atoms with Crippen molar-refractivity contribution in [3.05, 3.63) is 81.7 Å². The summed E-state index contributed by atoms with van der Waals surface area (Å²) in [6, 6.07) is 15.0. The normalized spacial score (nSPS) is 14.4. The van der Waals surface area contributed by atoms with Crippen molar-refractivity contribution < 1.29 is 24.2 Å². The molecule has 5 rings (SSSR count). The number of hydrogen-bond donors (Lipinski definition) is 3. The van der Waals surface area contributed by atoms with Crippen molar-refractivity contribution in [2.45, 2.75) is 31.7 Å². The van der Waals surface area contributed by atoms with Gasteiger partial charge in [0.15, 0.2) is 10.9 Å². The largest absolute Gasteiger partial charge is 0.493 e. The summed E-state index contributed by atoms with van der Waals surface area (Å²) in [5.74, 6) is -0.815. The van der Waals surface area contributed by atoms with Gasteiger partial charge in [0.05, 0.1) is 6.61 Å². The molecule has 1 saturated carbocycles. The molecule has 2 aromatic heterocycles. The molecule has 2 aromatic carbocycles. The average Bonchev–Trinajstić information content (AvgIpc) is 3.65.